The number of aryl methyl sites for hydroxylation is 2. The molecule has 3 N–H and O–H groups in total. The summed E-state index contributed by atoms with van der Waals surface area (Å²) in [7, 11) is 0. The average Bonchev–Trinajstić information content (AvgIpc) is 2.46. The molecule has 1 rings (SSSR count). The minimum atomic E-state index is -1.26. The molecule has 7 heteroatoms. The molecule has 0 radical (unpaired) electrons. The van der Waals surface area contributed by atoms with E-state index >= 15 is 0 Å². The molecule has 0 aliphatic carbocycles. The highest BCUT2D eigenvalue weighted by molar-refractivity contribution is 5.95. The summed E-state index contributed by atoms with van der Waals surface area (Å²) in [6.07, 6.45) is 0.624. The lowest BCUT2D eigenvalue weighted by Gasteiger charge is -2.15. The van der Waals surface area contributed by atoms with E-state index in [4.69, 9.17) is 9.84 Å². The molecule has 0 bridgehead atoms. The first-order valence-electron chi connectivity index (χ1n) is 6.54. The van der Waals surface area contributed by atoms with Crippen molar-refractivity contribution < 1.29 is 24.2 Å². The Balaban J connectivity index is 2.49. The van der Waals surface area contributed by atoms with Crippen molar-refractivity contribution in [1.29, 1.82) is 0 Å². The van der Waals surface area contributed by atoms with Crippen molar-refractivity contribution in [3.05, 3.63) is 41.5 Å². The summed E-state index contributed by atoms with van der Waals surface area (Å²) in [4.78, 5) is 33.2. The molecule has 0 aliphatic rings. The van der Waals surface area contributed by atoms with Gasteiger partial charge >= 0.3 is 5.97 Å². The number of carbonyl (C=O) groups excluding carboxylic acids is 2. The van der Waals surface area contributed by atoms with Crippen LogP contribution in [-0.4, -0.2) is 29.0 Å². The van der Waals surface area contributed by atoms with Crippen LogP contribution in [-0.2, 0) is 14.4 Å². The number of hydrogen-bond donors (Lipinski definition) is 3. The van der Waals surface area contributed by atoms with Gasteiger partial charge in [-0.05, 0) is 44.0 Å². The third-order valence-electron chi connectivity index (χ3n) is 2.85. The van der Waals surface area contributed by atoms with Crippen LogP contribution in [0.15, 0.2) is 30.4 Å². The van der Waals surface area contributed by atoms with Crippen LogP contribution in [0.4, 0.5) is 0 Å². The molecule has 0 unspecified atom stereocenters. The summed E-state index contributed by atoms with van der Waals surface area (Å²) in [5.74, 6) is -2.03. The number of nitrogens with one attached hydrogen (secondary N) is 2. The molecule has 2 amide bonds. The fourth-order valence-corrected chi connectivity index (χ4v) is 1.46. The number of carboxylic acid groups (broad SMARTS) is 1. The highest BCUT2D eigenvalue weighted by atomic mass is 16.5. The van der Waals surface area contributed by atoms with E-state index in [0.717, 1.165) is 17.2 Å². The normalized spacial score (nSPS) is 11.8. The van der Waals surface area contributed by atoms with E-state index in [9.17, 15) is 14.4 Å². The monoisotopic (exact) mass is 306 g/mol. The lowest BCUT2D eigenvalue weighted by molar-refractivity contribution is -0.132. The van der Waals surface area contributed by atoms with Gasteiger partial charge in [0.25, 0.3) is 11.8 Å². The number of hydrazine groups is 1. The van der Waals surface area contributed by atoms with E-state index < -0.39 is 23.9 Å². The lowest BCUT2D eigenvalue weighted by Crippen LogP contribution is -2.46. The number of hydrogen-bond acceptors (Lipinski definition) is 4. The number of ether oxygens (including phenoxy) is 1. The Morgan fingerprint density at radius 2 is 1.82 bits per heavy atom. The zero-order valence-electron chi connectivity index (χ0n) is 12.5. The minimum Gasteiger partial charge on any atom is -0.481 e. The van der Waals surface area contributed by atoms with Crippen molar-refractivity contribution >= 4 is 17.8 Å². The minimum absolute atomic E-state index is 0.544. The second-order valence-electron chi connectivity index (χ2n) is 4.66. The molecule has 1 aromatic carbocycles. The Labute approximate surface area is 127 Å². The van der Waals surface area contributed by atoms with Gasteiger partial charge in [0.2, 0.25) is 0 Å². The predicted octanol–water partition coefficient (Wildman–Crippen LogP) is 0.859. The van der Waals surface area contributed by atoms with Gasteiger partial charge < -0.3 is 9.84 Å². The molecular formula is C15H18N2O5. The van der Waals surface area contributed by atoms with Crippen molar-refractivity contribution in [1.82, 2.24) is 10.9 Å². The number of aliphatic carboxylic acids is 1. The van der Waals surface area contributed by atoms with Crippen molar-refractivity contribution in [2.45, 2.75) is 26.9 Å². The molecule has 0 saturated carbocycles. The van der Waals surface area contributed by atoms with E-state index in [2.05, 4.69) is 10.9 Å². The zero-order chi connectivity index (χ0) is 16.7. The summed E-state index contributed by atoms with van der Waals surface area (Å²) < 4.78 is 5.47. The molecule has 0 fully saturated rings. The number of amides is 2. The van der Waals surface area contributed by atoms with E-state index in [1.165, 1.54) is 6.92 Å². The number of carboxylic acids is 1. The van der Waals surface area contributed by atoms with Crippen molar-refractivity contribution in [2.75, 3.05) is 0 Å². The van der Waals surface area contributed by atoms with E-state index in [1.807, 2.05) is 26.0 Å². The maximum Gasteiger partial charge on any atom is 0.328 e. The van der Waals surface area contributed by atoms with Crippen molar-refractivity contribution in [3.63, 3.8) is 0 Å². The summed E-state index contributed by atoms with van der Waals surface area (Å²) in [6.45, 7) is 5.43. The van der Waals surface area contributed by atoms with Gasteiger partial charge in [-0.3, -0.25) is 20.4 Å². The quantitative estimate of drug-likeness (QED) is 0.553. The number of rotatable bonds is 5. The van der Waals surface area contributed by atoms with Gasteiger partial charge in [0.15, 0.2) is 6.10 Å². The second-order valence-corrected chi connectivity index (χ2v) is 4.66. The largest absolute Gasteiger partial charge is 0.481 e. The number of benzene rings is 1. The van der Waals surface area contributed by atoms with Crippen molar-refractivity contribution in [2.24, 2.45) is 0 Å². The maximum atomic E-state index is 11.8. The van der Waals surface area contributed by atoms with Crippen LogP contribution < -0.4 is 15.6 Å². The molecule has 7 nitrogen and oxygen atoms in total. The van der Waals surface area contributed by atoms with Crippen LogP contribution in [0.25, 0.3) is 0 Å². The van der Waals surface area contributed by atoms with E-state index in [1.54, 1.807) is 6.07 Å². The SMILES string of the molecule is Cc1ccc(O[C@@H](C)C(=O)NNC(=O)/C=C\C(=O)O)cc1C. The Morgan fingerprint density at radius 3 is 2.41 bits per heavy atom. The summed E-state index contributed by atoms with van der Waals surface area (Å²) >= 11 is 0. The van der Waals surface area contributed by atoms with Gasteiger partial charge in [-0.15, -0.1) is 0 Å². The third-order valence-corrected chi connectivity index (χ3v) is 2.85. The van der Waals surface area contributed by atoms with Crippen LogP contribution >= 0.6 is 0 Å². The van der Waals surface area contributed by atoms with Crippen molar-refractivity contribution in [3.8, 4) is 5.75 Å². The fourth-order valence-electron chi connectivity index (χ4n) is 1.46. The van der Waals surface area contributed by atoms with E-state index in [-0.39, 0.29) is 0 Å². The fraction of sp³-hybridized carbons (Fsp3) is 0.267. The molecule has 0 aromatic heterocycles. The lowest BCUT2D eigenvalue weighted by atomic mass is 10.1. The van der Waals surface area contributed by atoms with Gasteiger partial charge in [-0.1, -0.05) is 6.07 Å². The summed E-state index contributed by atoms with van der Waals surface area (Å²) in [6, 6.07) is 5.45. The molecular weight excluding hydrogens is 288 g/mol. The Kier molecular flexibility index (Phi) is 6.12. The third kappa shape index (κ3) is 5.66. The Bertz CT molecular complexity index is 610. The van der Waals surface area contributed by atoms with Crippen LogP contribution in [0.3, 0.4) is 0 Å². The first-order chi connectivity index (χ1) is 10.3. The number of carbonyl (C=O) groups is 3. The first kappa shape index (κ1) is 17.2. The molecule has 0 saturated heterocycles. The van der Waals surface area contributed by atoms with Gasteiger partial charge in [0.05, 0.1) is 0 Å². The second kappa shape index (κ2) is 7.82. The van der Waals surface area contributed by atoms with Crippen LogP contribution in [0.5, 0.6) is 5.75 Å². The highest BCUT2D eigenvalue weighted by Gasteiger charge is 2.15. The van der Waals surface area contributed by atoms with Gasteiger partial charge in [-0.25, -0.2) is 4.79 Å². The standard InChI is InChI=1S/C15H18N2O5/c1-9-4-5-12(8-10(9)2)22-11(3)15(21)17-16-13(18)6-7-14(19)20/h4-8,11H,1-3H3,(H,16,18)(H,17,21)(H,19,20)/b7-6-/t11-/m0/s1. The van der Waals surface area contributed by atoms with Crippen LogP contribution in [0, 0.1) is 13.8 Å². The molecule has 0 spiro atoms. The van der Waals surface area contributed by atoms with Gasteiger partial charge in [-0.2, -0.15) is 0 Å². The Morgan fingerprint density at radius 1 is 1.14 bits per heavy atom. The smallest absolute Gasteiger partial charge is 0.328 e. The predicted molar refractivity (Wildman–Crippen MR) is 79.1 cm³/mol. The molecule has 1 aromatic rings. The average molecular weight is 306 g/mol. The summed E-state index contributed by atoms with van der Waals surface area (Å²) in [5.41, 5.74) is 6.35. The highest BCUT2D eigenvalue weighted by Crippen LogP contribution is 2.17. The molecule has 1 atom stereocenters. The van der Waals surface area contributed by atoms with E-state index in [0.29, 0.717) is 11.8 Å². The van der Waals surface area contributed by atoms with Crippen LogP contribution in [0.1, 0.15) is 18.1 Å². The van der Waals surface area contributed by atoms with Gasteiger partial charge in [0.1, 0.15) is 5.75 Å². The van der Waals surface area contributed by atoms with Crippen LogP contribution in [0.2, 0.25) is 0 Å². The van der Waals surface area contributed by atoms with Gasteiger partial charge in [0, 0.05) is 12.2 Å². The zero-order valence-corrected chi connectivity index (χ0v) is 12.5. The molecule has 118 valence electrons. The first-order valence-corrected chi connectivity index (χ1v) is 6.54. The molecule has 22 heavy (non-hydrogen) atoms. The molecule has 0 aliphatic heterocycles. The Hall–Kier alpha value is -2.83. The maximum absolute atomic E-state index is 11.8. The molecule has 0 heterocycles. The summed E-state index contributed by atoms with van der Waals surface area (Å²) in [5, 5.41) is 8.36. The topological polar surface area (TPSA) is 105 Å².